The van der Waals surface area contributed by atoms with Crippen LogP contribution < -0.4 is 5.56 Å². The van der Waals surface area contributed by atoms with Crippen molar-refractivity contribution >= 4 is 0 Å². The number of hydrogen-bond acceptors (Lipinski definition) is 1. The number of pyridine rings is 1. The maximum Gasteiger partial charge on any atom is 0.250 e. The zero-order valence-corrected chi connectivity index (χ0v) is 9.20. The Hall–Kier alpha value is -1.05. The summed E-state index contributed by atoms with van der Waals surface area (Å²) in [6.45, 7) is 2.89. The van der Waals surface area contributed by atoms with Gasteiger partial charge in [-0.15, -0.1) is 0 Å². The molecule has 0 spiro atoms. The summed E-state index contributed by atoms with van der Waals surface area (Å²) in [7, 11) is 0. The molecular formula is C13H17NO. The fourth-order valence-corrected chi connectivity index (χ4v) is 3.40. The minimum absolute atomic E-state index is 0.181. The molecule has 2 nitrogen and oxygen atoms in total. The van der Waals surface area contributed by atoms with Crippen LogP contribution in [0.15, 0.2) is 16.9 Å². The van der Waals surface area contributed by atoms with Crippen LogP contribution in [0.3, 0.4) is 0 Å². The Bertz CT molecular complexity index is 446. The molecule has 1 fully saturated rings. The van der Waals surface area contributed by atoms with E-state index in [1.807, 2.05) is 4.57 Å². The van der Waals surface area contributed by atoms with E-state index in [9.17, 15) is 4.79 Å². The fraction of sp³-hybridized carbons (Fsp3) is 0.615. The normalized spacial score (nSPS) is 27.8. The van der Waals surface area contributed by atoms with Crippen LogP contribution in [-0.2, 0) is 6.54 Å². The first-order valence-corrected chi connectivity index (χ1v) is 6.06. The van der Waals surface area contributed by atoms with E-state index in [4.69, 9.17) is 0 Å². The maximum absolute atomic E-state index is 11.7. The first-order valence-electron chi connectivity index (χ1n) is 6.06. The quantitative estimate of drug-likeness (QED) is 0.687. The molecule has 0 saturated heterocycles. The van der Waals surface area contributed by atoms with Crippen LogP contribution in [-0.4, -0.2) is 4.57 Å². The average molecular weight is 203 g/mol. The van der Waals surface area contributed by atoms with E-state index in [-0.39, 0.29) is 5.56 Å². The third-order valence-corrected chi connectivity index (χ3v) is 4.09. The van der Waals surface area contributed by atoms with Gasteiger partial charge in [0.15, 0.2) is 0 Å². The van der Waals surface area contributed by atoms with Crippen LogP contribution in [0.25, 0.3) is 0 Å². The molecule has 2 aliphatic carbocycles. The smallest absolute Gasteiger partial charge is 0.250 e. The Morgan fingerprint density at radius 1 is 1.27 bits per heavy atom. The van der Waals surface area contributed by atoms with Gasteiger partial charge in [-0.25, -0.2) is 0 Å². The summed E-state index contributed by atoms with van der Waals surface area (Å²) in [6.07, 6.45) is 5.33. The summed E-state index contributed by atoms with van der Waals surface area (Å²) >= 11 is 0. The third-order valence-electron chi connectivity index (χ3n) is 4.09. The fourth-order valence-electron chi connectivity index (χ4n) is 3.40. The van der Waals surface area contributed by atoms with Gasteiger partial charge in [-0.05, 0) is 31.2 Å². The molecule has 0 bridgehead atoms. The number of hydrogen-bond donors (Lipinski definition) is 0. The van der Waals surface area contributed by atoms with Crippen LogP contribution in [0.5, 0.6) is 0 Å². The van der Waals surface area contributed by atoms with E-state index >= 15 is 0 Å². The molecule has 0 aliphatic heterocycles. The zero-order chi connectivity index (χ0) is 10.4. The van der Waals surface area contributed by atoms with Crippen molar-refractivity contribution in [2.24, 2.45) is 0 Å². The molecule has 2 atom stereocenters. The molecule has 0 amide bonds. The molecule has 15 heavy (non-hydrogen) atoms. The van der Waals surface area contributed by atoms with E-state index in [0.717, 1.165) is 12.5 Å². The third kappa shape index (κ3) is 1.14. The van der Waals surface area contributed by atoms with E-state index in [2.05, 4.69) is 13.0 Å². The van der Waals surface area contributed by atoms with Gasteiger partial charge in [0.1, 0.15) is 0 Å². The lowest BCUT2D eigenvalue weighted by molar-refractivity contribution is 0.316. The second-order valence-corrected chi connectivity index (χ2v) is 4.75. The van der Waals surface area contributed by atoms with Gasteiger partial charge in [0, 0.05) is 24.2 Å². The summed E-state index contributed by atoms with van der Waals surface area (Å²) in [5.74, 6) is 1.47. The second-order valence-electron chi connectivity index (χ2n) is 4.75. The summed E-state index contributed by atoms with van der Waals surface area (Å²) in [6, 6.07) is 3.81. The van der Waals surface area contributed by atoms with Crippen molar-refractivity contribution in [2.45, 2.75) is 51.0 Å². The Labute approximate surface area is 89.9 Å². The largest absolute Gasteiger partial charge is 0.312 e. The van der Waals surface area contributed by atoms with Crippen LogP contribution in [0.4, 0.5) is 0 Å². The van der Waals surface area contributed by atoms with Crippen molar-refractivity contribution < 1.29 is 0 Å². The van der Waals surface area contributed by atoms with Crippen LogP contribution >= 0.6 is 0 Å². The first-order chi connectivity index (χ1) is 7.33. The highest BCUT2D eigenvalue weighted by atomic mass is 16.1. The number of rotatable bonds is 1. The van der Waals surface area contributed by atoms with Gasteiger partial charge < -0.3 is 4.57 Å². The summed E-state index contributed by atoms with van der Waals surface area (Å²) in [5.41, 5.74) is 3.00. The van der Waals surface area contributed by atoms with Gasteiger partial charge in [-0.1, -0.05) is 18.9 Å². The monoisotopic (exact) mass is 203 g/mol. The molecule has 2 aliphatic rings. The highest BCUT2D eigenvalue weighted by molar-refractivity contribution is 5.41. The predicted molar refractivity (Wildman–Crippen MR) is 60.3 cm³/mol. The van der Waals surface area contributed by atoms with E-state index in [1.54, 1.807) is 6.07 Å². The van der Waals surface area contributed by atoms with E-state index in [0.29, 0.717) is 5.92 Å². The highest BCUT2D eigenvalue weighted by Gasteiger charge is 2.40. The second kappa shape index (κ2) is 3.22. The molecule has 1 saturated carbocycles. The summed E-state index contributed by atoms with van der Waals surface area (Å²) in [5, 5.41) is 0. The average Bonchev–Trinajstić information content (AvgIpc) is 2.26. The predicted octanol–water partition coefficient (Wildman–Crippen LogP) is 2.62. The first kappa shape index (κ1) is 9.20. The summed E-state index contributed by atoms with van der Waals surface area (Å²) in [4.78, 5) is 11.7. The molecule has 2 unspecified atom stereocenters. The molecule has 1 aromatic rings. The van der Waals surface area contributed by atoms with Crippen LogP contribution in [0.2, 0.25) is 0 Å². The Morgan fingerprint density at radius 3 is 2.73 bits per heavy atom. The minimum atomic E-state index is 0.181. The van der Waals surface area contributed by atoms with Crippen molar-refractivity contribution in [1.29, 1.82) is 0 Å². The maximum atomic E-state index is 11.7. The van der Waals surface area contributed by atoms with Crippen molar-refractivity contribution in [3.63, 3.8) is 0 Å². The molecule has 0 aromatic carbocycles. The van der Waals surface area contributed by atoms with Crippen LogP contribution in [0, 0.1) is 0 Å². The van der Waals surface area contributed by atoms with E-state index < -0.39 is 0 Å². The molecule has 1 heterocycles. The number of fused-ring (bicyclic) bond motifs is 4. The van der Waals surface area contributed by atoms with Gasteiger partial charge >= 0.3 is 0 Å². The van der Waals surface area contributed by atoms with Crippen LogP contribution in [0.1, 0.15) is 55.7 Å². The lowest BCUT2D eigenvalue weighted by atomic mass is 9.63. The zero-order valence-electron chi connectivity index (χ0n) is 9.20. The Kier molecular flexibility index (Phi) is 1.98. The SMILES string of the molecule is CCn1c2c(ccc1=O)C1CCCCC21. The Morgan fingerprint density at radius 2 is 2.00 bits per heavy atom. The van der Waals surface area contributed by atoms with Crippen molar-refractivity contribution in [3.8, 4) is 0 Å². The Balaban J connectivity index is 2.13. The van der Waals surface area contributed by atoms with Gasteiger partial charge in [-0.3, -0.25) is 4.79 Å². The van der Waals surface area contributed by atoms with Crippen molar-refractivity contribution in [3.05, 3.63) is 33.7 Å². The van der Waals surface area contributed by atoms with Gasteiger partial charge in [0.25, 0.3) is 5.56 Å². The number of nitrogens with zero attached hydrogens (tertiary/aromatic N) is 1. The molecule has 3 rings (SSSR count). The van der Waals surface area contributed by atoms with Crippen molar-refractivity contribution in [1.82, 2.24) is 4.57 Å². The standard InChI is InChI=1S/C13H17NO/c1-2-14-12(15)8-7-11-9-5-3-4-6-10(9)13(11)14/h7-10H,2-6H2,1H3. The summed E-state index contributed by atoms with van der Waals surface area (Å²) < 4.78 is 1.97. The van der Waals surface area contributed by atoms with Gasteiger partial charge in [0.05, 0.1) is 0 Å². The van der Waals surface area contributed by atoms with Crippen molar-refractivity contribution in [2.75, 3.05) is 0 Å². The number of aromatic nitrogens is 1. The molecule has 2 heteroatoms. The van der Waals surface area contributed by atoms with Gasteiger partial charge in [0.2, 0.25) is 0 Å². The minimum Gasteiger partial charge on any atom is -0.312 e. The molecule has 0 N–H and O–H groups in total. The highest BCUT2D eigenvalue weighted by Crippen LogP contribution is 2.53. The van der Waals surface area contributed by atoms with E-state index in [1.165, 1.54) is 36.9 Å². The van der Waals surface area contributed by atoms with Gasteiger partial charge in [-0.2, -0.15) is 0 Å². The molecule has 0 radical (unpaired) electrons. The molecular weight excluding hydrogens is 186 g/mol. The molecule has 1 aromatic heterocycles. The lowest BCUT2D eigenvalue weighted by Crippen LogP contribution is -2.36. The topological polar surface area (TPSA) is 22.0 Å². The molecule has 80 valence electrons. The lowest BCUT2D eigenvalue weighted by Gasteiger charge is -2.44.